The van der Waals surface area contributed by atoms with Crippen LogP contribution in [0.4, 0.5) is 4.39 Å². The van der Waals surface area contributed by atoms with Gasteiger partial charge in [-0.05, 0) is 23.3 Å². The molecule has 0 aliphatic rings. The Kier molecular flexibility index (Phi) is 2.98. The predicted molar refractivity (Wildman–Crippen MR) is 71.9 cm³/mol. The van der Waals surface area contributed by atoms with Crippen molar-refractivity contribution in [2.75, 3.05) is 0 Å². The molecule has 3 aromatic rings. The number of aromatic nitrogens is 3. The van der Waals surface area contributed by atoms with Gasteiger partial charge in [-0.2, -0.15) is 5.26 Å². The summed E-state index contributed by atoms with van der Waals surface area (Å²) in [4.78, 5) is 0. The first-order valence-corrected chi connectivity index (χ1v) is 5.95. The van der Waals surface area contributed by atoms with E-state index < -0.39 is 0 Å². The zero-order valence-electron chi connectivity index (χ0n) is 10.3. The van der Waals surface area contributed by atoms with E-state index in [0.717, 1.165) is 16.7 Å². The number of nitrogens with zero attached hydrogens (tertiary/aromatic N) is 3. The van der Waals surface area contributed by atoms with E-state index in [2.05, 4.69) is 15.4 Å². The number of aromatic amines is 1. The maximum absolute atomic E-state index is 13.2. The second-order valence-electron chi connectivity index (χ2n) is 4.23. The Balaban J connectivity index is 1.98. The van der Waals surface area contributed by atoms with E-state index in [0.29, 0.717) is 11.4 Å². The average molecular weight is 264 g/mol. The van der Waals surface area contributed by atoms with Crippen molar-refractivity contribution in [2.24, 2.45) is 0 Å². The first-order valence-electron chi connectivity index (χ1n) is 5.95. The fourth-order valence-electron chi connectivity index (χ4n) is 2.00. The summed E-state index contributed by atoms with van der Waals surface area (Å²) in [5.41, 5.74) is 3.32. The molecule has 0 aliphatic heterocycles. The van der Waals surface area contributed by atoms with Gasteiger partial charge in [-0.15, -0.1) is 5.10 Å². The van der Waals surface area contributed by atoms with Gasteiger partial charge in [0.2, 0.25) is 0 Å². The van der Waals surface area contributed by atoms with Crippen LogP contribution in [0.15, 0.2) is 48.5 Å². The van der Waals surface area contributed by atoms with Crippen molar-refractivity contribution < 1.29 is 4.39 Å². The lowest BCUT2D eigenvalue weighted by Crippen LogP contribution is -1.84. The van der Waals surface area contributed by atoms with Crippen molar-refractivity contribution in [3.8, 4) is 28.5 Å². The van der Waals surface area contributed by atoms with Crippen molar-refractivity contribution in [3.05, 3.63) is 60.0 Å². The molecular formula is C15H9FN4. The van der Waals surface area contributed by atoms with E-state index >= 15 is 0 Å². The summed E-state index contributed by atoms with van der Waals surface area (Å²) in [5.74, 6) is -0.269. The Hall–Kier alpha value is -3.00. The highest BCUT2D eigenvalue weighted by molar-refractivity contribution is 5.70. The molecule has 96 valence electrons. The van der Waals surface area contributed by atoms with Crippen LogP contribution in [0.3, 0.4) is 0 Å². The molecule has 0 spiro atoms. The third kappa shape index (κ3) is 2.15. The lowest BCUT2D eigenvalue weighted by Gasteiger charge is -2.03. The van der Waals surface area contributed by atoms with Crippen molar-refractivity contribution in [3.63, 3.8) is 0 Å². The van der Waals surface area contributed by atoms with Crippen LogP contribution in [-0.4, -0.2) is 15.4 Å². The van der Waals surface area contributed by atoms with Crippen molar-refractivity contribution in [1.82, 2.24) is 15.4 Å². The number of hydrogen-bond donors (Lipinski definition) is 1. The van der Waals surface area contributed by atoms with Gasteiger partial charge in [-0.25, -0.2) is 9.49 Å². The summed E-state index contributed by atoms with van der Waals surface area (Å²) in [6.07, 6.45) is 0. The molecule has 2 aromatic carbocycles. The fourth-order valence-corrected chi connectivity index (χ4v) is 2.00. The third-order valence-electron chi connectivity index (χ3n) is 2.98. The van der Waals surface area contributed by atoms with Gasteiger partial charge in [0, 0.05) is 5.56 Å². The van der Waals surface area contributed by atoms with Crippen LogP contribution in [0, 0.1) is 17.1 Å². The van der Waals surface area contributed by atoms with E-state index in [1.807, 2.05) is 36.4 Å². The largest absolute Gasteiger partial charge is 0.247 e. The molecule has 4 nitrogen and oxygen atoms in total. The highest BCUT2D eigenvalue weighted by atomic mass is 19.1. The second-order valence-corrected chi connectivity index (χ2v) is 4.23. The van der Waals surface area contributed by atoms with Crippen LogP contribution >= 0.6 is 0 Å². The SMILES string of the molecule is N#Cc1[nH]nnc1-c1ccc(-c2cccc(F)c2)cc1. The molecule has 5 heteroatoms. The smallest absolute Gasteiger partial charge is 0.163 e. The van der Waals surface area contributed by atoms with E-state index in [9.17, 15) is 4.39 Å². The minimum atomic E-state index is -0.269. The molecule has 1 heterocycles. The molecule has 3 rings (SSSR count). The monoisotopic (exact) mass is 264 g/mol. The molecule has 0 amide bonds. The molecule has 20 heavy (non-hydrogen) atoms. The maximum Gasteiger partial charge on any atom is 0.163 e. The molecule has 1 N–H and O–H groups in total. The van der Waals surface area contributed by atoms with E-state index in [4.69, 9.17) is 5.26 Å². The third-order valence-corrected chi connectivity index (χ3v) is 2.98. The van der Waals surface area contributed by atoms with Crippen LogP contribution < -0.4 is 0 Å². The predicted octanol–water partition coefficient (Wildman–Crippen LogP) is 3.15. The first kappa shape index (κ1) is 12.1. The quantitative estimate of drug-likeness (QED) is 0.773. The van der Waals surface area contributed by atoms with Crippen LogP contribution in [-0.2, 0) is 0 Å². The number of nitrogens with one attached hydrogen (secondary N) is 1. The Morgan fingerprint density at radius 1 is 1.00 bits per heavy atom. The normalized spacial score (nSPS) is 10.2. The minimum Gasteiger partial charge on any atom is -0.247 e. The van der Waals surface area contributed by atoms with Gasteiger partial charge in [-0.3, -0.25) is 0 Å². The standard InChI is InChI=1S/C15H9FN4/c16-13-3-1-2-12(8-13)10-4-6-11(7-5-10)15-14(9-17)18-20-19-15/h1-8H,(H,18,19,20). The summed E-state index contributed by atoms with van der Waals surface area (Å²) in [6.45, 7) is 0. The van der Waals surface area contributed by atoms with E-state index in [-0.39, 0.29) is 5.82 Å². The number of nitriles is 1. The topological polar surface area (TPSA) is 65.4 Å². The zero-order chi connectivity index (χ0) is 13.9. The number of halogens is 1. The van der Waals surface area contributed by atoms with Gasteiger partial charge in [0.25, 0.3) is 0 Å². The number of hydrogen-bond acceptors (Lipinski definition) is 3. The first-order chi connectivity index (χ1) is 9.78. The van der Waals surface area contributed by atoms with Gasteiger partial charge in [0.05, 0.1) is 0 Å². The van der Waals surface area contributed by atoms with E-state index in [1.165, 1.54) is 12.1 Å². The van der Waals surface area contributed by atoms with Crippen molar-refractivity contribution >= 4 is 0 Å². The van der Waals surface area contributed by atoms with Gasteiger partial charge in [0.15, 0.2) is 5.69 Å². The van der Waals surface area contributed by atoms with Gasteiger partial charge in [0.1, 0.15) is 17.6 Å². The maximum atomic E-state index is 13.2. The van der Waals surface area contributed by atoms with Gasteiger partial charge < -0.3 is 0 Å². The Morgan fingerprint density at radius 2 is 1.75 bits per heavy atom. The fraction of sp³-hybridized carbons (Fsp3) is 0. The van der Waals surface area contributed by atoms with Crippen LogP contribution in [0.2, 0.25) is 0 Å². The minimum absolute atomic E-state index is 0.269. The number of benzene rings is 2. The highest BCUT2D eigenvalue weighted by Gasteiger charge is 2.09. The van der Waals surface area contributed by atoms with Crippen LogP contribution in [0.25, 0.3) is 22.4 Å². The molecule has 0 fully saturated rings. The van der Waals surface area contributed by atoms with Crippen LogP contribution in [0.5, 0.6) is 0 Å². The molecule has 0 saturated carbocycles. The molecule has 0 radical (unpaired) electrons. The molecule has 0 saturated heterocycles. The second kappa shape index (κ2) is 4.94. The summed E-state index contributed by atoms with van der Waals surface area (Å²) in [6, 6.07) is 15.8. The average Bonchev–Trinajstić information content (AvgIpc) is 2.96. The zero-order valence-corrected chi connectivity index (χ0v) is 10.3. The highest BCUT2D eigenvalue weighted by Crippen LogP contribution is 2.25. The van der Waals surface area contributed by atoms with Crippen LogP contribution in [0.1, 0.15) is 5.69 Å². The number of rotatable bonds is 2. The summed E-state index contributed by atoms with van der Waals surface area (Å²) in [7, 11) is 0. The molecule has 1 aromatic heterocycles. The Labute approximate surface area is 114 Å². The number of H-pyrrole nitrogens is 1. The summed E-state index contributed by atoms with van der Waals surface area (Å²) in [5, 5.41) is 19.0. The lowest BCUT2D eigenvalue weighted by atomic mass is 10.0. The molecule has 0 atom stereocenters. The van der Waals surface area contributed by atoms with Gasteiger partial charge in [-0.1, -0.05) is 41.6 Å². The Morgan fingerprint density at radius 3 is 2.45 bits per heavy atom. The molecule has 0 unspecified atom stereocenters. The van der Waals surface area contributed by atoms with Crippen molar-refractivity contribution in [1.29, 1.82) is 5.26 Å². The van der Waals surface area contributed by atoms with Crippen molar-refractivity contribution in [2.45, 2.75) is 0 Å². The lowest BCUT2D eigenvalue weighted by molar-refractivity contribution is 0.628. The van der Waals surface area contributed by atoms with E-state index in [1.54, 1.807) is 6.07 Å². The van der Waals surface area contributed by atoms with Gasteiger partial charge >= 0.3 is 0 Å². The molecule has 0 bridgehead atoms. The summed E-state index contributed by atoms with van der Waals surface area (Å²) < 4.78 is 13.2. The summed E-state index contributed by atoms with van der Waals surface area (Å²) >= 11 is 0. The molecular weight excluding hydrogens is 255 g/mol. The Bertz CT molecular complexity index is 784. The molecule has 0 aliphatic carbocycles.